The summed E-state index contributed by atoms with van der Waals surface area (Å²) in [6.45, 7) is 0. The van der Waals surface area contributed by atoms with Gasteiger partial charge in [-0.05, 0) is 36.0 Å². The summed E-state index contributed by atoms with van der Waals surface area (Å²) in [5.41, 5.74) is 7.32. The van der Waals surface area contributed by atoms with E-state index in [-0.39, 0.29) is 5.24 Å². The van der Waals surface area contributed by atoms with Crippen molar-refractivity contribution >= 4 is 33.6 Å². The summed E-state index contributed by atoms with van der Waals surface area (Å²) in [5, 5.41) is 0.853. The lowest BCUT2D eigenvalue weighted by atomic mass is 10.2. The normalized spacial score (nSPS) is 10.5. The molecule has 0 aliphatic carbocycles. The van der Waals surface area contributed by atoms with Crippen LogP contribution in [0.15, 0.2) is 35.4 Å². The van der Waals surface area contributed by atoms with Gasteiger partial charge in [0.2, 0.25) is 0 Å². The topological polar surface area (TPSA) is 59.2 Å². The smallest absolute Gasteiger partial charge is 0.286 e. The van der Waals surface area contributed by atoms with E-state index in [1.165, 1.54) is 4.90 Å². The van der Waals surface area contributed by atoms with Crippen LogP contribution in [0, 0.1) is 0 Å². The summed E-state index contributed by atoms with van der Waals surface area (Å²) < 4.78 is 0. The molecular weight excluding hydrogens is 234 g/mol. The number of aromatic nitrogens is 1. The first kappa shape index (κ1) is 11.7. The molecule has 2 N–H and O–H groups in total. The zero-order valence-electron chi connectivity index (χ0n) is 9.68. The molecule has 1 amide bonds. The van der Waals surface area contributed by atoms with Crippen molar-refractivity contribution in [3.05, 3.63) is 30.5 Å². The van der Waals surface area contributed by atoms with E-state index in [4.69, 9.17) is 5.73 Å². The van der Waals surface area contributed by atoms with Gasteiger partial charge in [0.15, 0.2) is 0 Å². The van der Waals surface area contributed by atoms with Gasteiger partial charge in [-0.3, -0.25) is 9.78 Å². The van der Waals surface area contributed by atoms with Crippen LogP contribution in [-0.4, -0.2) is 29.2 Å². The number of benzene rings is 1. The molecule has 0 aliphatic rings. The van der Waals surface area contributed by atoms with Gasteiger partial charge in [-0.2, -0.15) is 0 Å². The summed E-state index contributed by atoms with van der Waals surface area (Å²) in [7, 11) is 3.45. The molecule has 88 valence electrons. The van der Waals surface area contributed by atoms with Gasteiger partial charge >= 0.3 is 0 Å². The lowest BCUT2D eigenvalue weighted by molar-refractivity contribution is 0.241. The maximum Gasteiger partial charge on any atom is 0.286 e. The minimum atomic E-state index is -0.0262. The molecule has 2 aromatic rings. The SMILES string of the molecule is CN(C)C(=O)Sc1ccc(N)c2cccnc12. The number of fused-ring (bicyclic) bond motifs is 1. The monoisotopic (exact) mass is 247 g/mol. The summed E-state index contributed by atoms with van der Waals surface area (Å²) >= 11 is 1.16. The van der Waals surface area contributed by atoms with Crippen molar-refractivity contribution in [2.24, 2.45) is 0 Å². The van der Waals surface area contributed by atoms with Crippen molar-refractivity contribution in [2.75, 3.05) is 19.8 Å². The number of nitrogen functional groups attached to an aromatic ring is 1. The number of nitrogens with zero attached hydrogens (tertiary/aromatic N) is 2. The lowest BCUT2D eigenvalue weighted by Crippen LogP contribution is -2.16. The van der Waals surface area contributed by atoms with Crippen molar-refractivity contribution in [3.63, 3.8) is 0 Å². The Balaban J connectivity index is 2.48. The van der Waals surface area contributed by atoms with Gasteiger partial charge in [0.1, 0.15) is 0 Å². The third kappa shape index (κ3) is 2.34. The van der Waals surface area contributed by atoms with Crippen LogP contribution in [-0.2, 0) is 0 Å². The summed E-state index contributed by atoms with van der Waals surface area (Å²) in [6.07, 6.45) is 1.70. The average molecular weight is 247 g/mol. The fourth-order valence-electron chi connectivity index (χ4n) is 1.44. The second kappa shape index (κ2) is 4.63. The number of thioether (sulfide) groups is 1. The van der Waals surface area contributed by atoms with Gasteiger partial charge in [0.25, 0.3) is 5.24 Å². The third-order valence-corrected chi connectivity index (χ3v) is 3.42. The number of nitrogens with two attached hydrogens (primary N) is 1. The molecule has 1 aromatic heterocycles. The molecule has 1 aromatic carbocycles. The molecule has 1 heterocycles. The van der Waals surface area contributed by atoms with Gasteiger partial charge < -0.3 is 10.6 Å². The molecule has 0 spiro atoms. The molecule has 0 saturated carbocycles. The van der Waals surface area contributed by atoms with E-state index in [0.717, 1.165) is 27.6 Å². The van der Waals surface area contributed by atoms with Crippen LogP contribution < -0.4 is 5.73 Å². The molecule has 0 radical (unpaired) electrons. The molecule has 17 heavy (non-hydrogen) atoms. The molecule has 0 aliphatic heterocycles. The zero-order valence-corrected chi connectivity index (χ0v) is 10.5. The maximum absolute atomic E-state index is 11.7. The van der Waals surface area contributed by atoms with E-state index in [2.05, 4.69) is 4.98 Å². The quantitative estimate of drug-likeness (QED) is 0.621. The van der Waals surface area contributed by atoms with Gasteiger partial charge in [0, 0.05) is 36.3 Å². The maximum atomic E-state index is 11.7. The Morgan fingerprint density at radius 3 is 2.82 bits per heavy atom. The Labute approximate surface area is 104 Å². The van der Waals surface area contributed by atoms with E-state index in [1.54, 1.807) is 26.4 Å². The standard InChI is InChI=1S/C12H13N3OS/c1-15(2)12(16)17-10-6-5-9(13)8-4-3-7-14-11(8)10/h3-7H,13H2,1-2H3. The predicted molar refractivity (Wildman–Crippen MR) is 71.1 cm³/mol. The molecule has 2 rings (SSSR count). The first-order valence-corrected chi connectivity index (χ1v) is 5.93. The van der Waals surface area contributed by atoms with E-state index in [0.29, 0.717) is 5.69 Å². The Morgan fingerprint density at radius 1 is 1.35 bits per heavy atom. The van der Waals surface area contributed by atoms with Crippen molar-refractivity contribution in [2.45, 2.75) is 4.90 Å². The number of hydrogen-bond acceptors (Lipinski definition) is 4. The summed E-state index contributed by atoms with van der Waals surface area (Å²) in [5.74, 6) is 0. The van der Waals surface area contributed by atoms with Crippen LogP contribution in [0.1, 0.15) is 0 Å². The molecule has 0 unspecified atom stereocenters. The molecule has 0 bridgehead atoms. The molecule has 0 fully saturated rings. The van der Waals surface area contributed by atoms with Crippen LogP contribution >= 0.6 is 11.8 Å². The lowest BCUT2D eigenvalue weighted by Gasteiger charge is -2.11. The largest absolute Gasteiger partial charge is 0.398 e. The third-order valence-electron chi connectivity index (χ3n) is 2.33. The van der Waals surface area contributed by atoms with Crippen LogP contribution in [0.3, 0.4) is 0 Å². The second-order valence-corrected chi connectivity index (χ2v) is 4.81. The highest BCUT2D eigenvalue weighted by Gasteiger charge is 2.11. The Hall–Kier alpha value is -1.75. The number of anilines is 1. The van der Waals surface area contributed by atoms with Crippen LogP contribution in [0.5, 0.6) is 0 Å². The van der Waals surface area contributed by atoms with Crippen LogP contribution in [0.4, 0.5) is 10.5 Å². The first-order chi connectivity index (χ1) is 8.09. The number of rotatable bonds is 1. The van der Waals surface area contributed by atoms with E-state index in [1.807, 2.05) is 18.2 Å². The second-order valence-electron chi connectivity index (χ2n) is 3.81. The Bertz CT molecular complexity index is 569. The van der Waals surface area contributed by atoms with Gasteiger partial charge in [-0.1, -0.05) is 0 Å². The predicted octanol–water partition coefficient (Wildman–Crippen LogP) is 2.59. The fourth-order valence-corrected chi connectivity index (χ4v) is 2.20. The number of amides is 1. The number of hydrogen-bond donors (Lipinski definition) is 1. The van der Waals surface area contributed by atoms with Gasteiger partial charge in [-0.25, -0.2) is 0 Å². The number of carbonyl (C=O) groups is 1. The number of pyridine rings is 1. The highest BCUT2D eigenvalue weighted by Crippen LogP contribution is 2.30. The van der Waals surface area contributed by atoms with Crippen molar-refractivity contribution in [1.29, 1.82) is 0 Å². The van der Waals surface area contributed by atoms with Crippen LogP contribution in [0.2, 0.25) is 0 Å². The van der Waals surface area contributed by atoms with E-state index < -0.39 is 0 Å². The average Bonchev–Trinajstić information content (AvgIpc) is 2.33. The van der Waals surface area contributed by atoms with Crippen molar-refractivity contribution in [1.82, 2.24) is 9.88 Å². The van der Waals surface area contributed by atoms with Gasteiger partial charge in [-0.15, -0.1) is 0 Å². The molecule has 4 nitrogen and oxygen atoms in total. The van der Waals surface area contributed by atoms with Gasteiger partial charge in [0.05, 0.1) is 5.52 Å². The Kier molecular flexibility index (Phi) is 3.19. The number of carbonyl (C=O) groups excluding carboxylic acids is 1. The van der Waals surface area contributed by atoms with E-state index >= 15 is 0 Å². The van der Waals surface area contributed by atoms with Crippen molar-refractivity contribution in [3.8, 4) is 0 Å². The molecular formula is C12H13N3OS. The highest BCUT2D eigenvalue weighted by atomic mass is 32.2. The minimum Gasteiger partial charge on any atom is -0.398 e. The fraction of sp³-hybridized carbons (Fsp3) is 0.167. The first-order valence-electron chi connectivity index (χ1n) is 5.12. The highest BCUT2D eigenvalue weighted by molar-refractivity contribution is 8.13. The molecule has 0 atom stereocenters. The van der Waals surface area contributed by atoms with Crippen LogP contribution in [0.25, 0.3) is 10.9 Å². The Morgan fingerprint density at radius 2 is 2.12 bits per heavy atom. The summed E-state index contributed by atoms with van der Waals surface area (Å²) in [6, 6.07) is 7.37. The minimum absolute atomic E-state index is 0.0262. The van der Waals surface area contributed by atoms with Crippen molar-refractivity contribution < 1.29 is 4.79 Å². The molecule has 5 heteroatoms. The zero-order chi connectivity index (χ0) is 12.4. The molecule has 0 saturated heterocycles. The van der Waals surface area contributed by atoms with E-state index in [9.17, 15) is 4.79 Å². The summed E-state index contributed by atoms with van der Waals surface area (Å²) in [4.78, 5) is 18.3.